The molecule has 1 atom stereocenters. The highest BCUT2D eigenvalue weighted by Crippen LogP contribution is 2.23. The fourth-order valence-corrected chi connectivity index (χ4v) is 3.13. The van der Waals surface area contributed by atoms with E-state index in [1.165, 1.54) is 12.8 Å². The predicted molar refractivity (Wildman–Crippen MR) is 88.0 cm³/mol. The SMILES string of the molecule is CCC1(C(=O)NCC2CCN(C)CC2)CCCN1.Cl.Cl. The third kappa shape index (κ3) is 4.76. The Balaban J connectivity index is 0.00000180. The standard InChI is InChI=1S/C14H27N3O.2ClH/c1-3-14(7-4-8-16-14)13(18)15-11-12-5-9-17(2)10-6-12;;/h12,16H,3-11H2,1-2H3,(H,15,18);2*1H. The van der Waals surface area contributed by atoms with E-state index in [4.69, 9.17) is 0 Å². The van der Waals surface area contributed by atoms with Crippen LogP contribution in [0.2, 0.25) is 0 Å². The highest BCUT2D eigenvalue weighted by Gasteiger charge is 2.39. The molecular weight excluding hydrogens is 297 g/mol. The van der Waals surface area contributed by atoms with Crippen LogP contribution in [0, 0.1) is 5.92 Å². The fraction of sp³-hybridized carbons (Fsp3) is 0.929. The average Bonchev–Trinajstić information content (AvgIpc) is 2.88. The van der Waals surface area contributed by atoms with Gasteiger partial charge in [0.2, 0.25) is 5.91 Å². The largest absolute Gasteiger partial charge is 0.354 e. The molecule has 1 amide bonds. The number of piperidine rings is 1. The molecule has 4 nitrogen and oxygen atoms in total. The van der Waals surface area contributed by atoms with Crippen LogP contribution in [0.5, 0.6) is 0 Å². The Hall–Kier alpha value is -0.0300. The molecule has 2 saturated heterocycles. The van der Waals surface area contributed by atoms with Gasteiger partial charge in [0.1, 0.15) is 0 Å². The highest BCUT2D eigenvalue weighted by molar-refractivity contribution is 5.86. The first-order valence-electron chi connectivity index (χ1n) is 7.38. The van der Waals surface area contributed by atoms with Gasteiger partial charge in [-0.05, 0) is 64.7 Å². The molecule has 2 rings (SSSR count). The Morgan fingerprint density at radius 1 is 1.35 bits per heavy atom. The van der Waals surface area contributed by atoms with Crippen molar-refractivity contribution in [3.05, 3.63) is 0 Å². The number of hydrogen-bond donors (Lipinski definition) is 2. The zero-order valence-corrected chi connectivity index (χ0v) is 14.2. The number of halogens is 2. The van der Waals surface area contributed by atoms with E-state index < -0.39 is 0 Å². The Kier molecular flexibility index (Phi) is 9.07. The lowest BCUT2D eigenvalue weighted by molar-refractivity contribution is -0.127. The van der Waals surface area contributed by atoms with Crippen LogP contribution < -0.4 is 10.6 Å². The molecule has 2 aliphatic rings. The lowest BCUT2D eigenvalue weighted by Crippen LogP contribution is -2.54. The molecule has 0 aliphatic carbocycles. The average molecular weight is 326 g/mol. The molecular formula is C14H29Cl2N3O. The van der Waals surface area contributed by atoms with E-state index in [1.54, 1.807) is 0 Å². The van der Waals surface area contributed by atoms with Gasteiger partial charge in [0.15, 0.2) is 0 Å². The maximum Gasteiger partial charge on any atom is 0.240 e. The summed E-state index contributed by atoms with van der Waals surface area (Å²) in [5, 5.41) is 6.58. The molecule has 1 unspecified atom stereocenters. The van der Waals surface area contributed by atoms with Crippen molar-refractivity contribution >= 4 is 30.7 Å². The molecule has 2 aliphatic heterocycles. The number of nitrogens with one attached hydrogen (secondary N) is 2. The molecule has 120 valence electrons. The van der Waals surface area contributed by atoms with E-state index in [1.807, 2.05) is 0 Å². The second-order valence-electron chi connectivity index (χ2n) is 5.92. The molecule has 2 N–H and O–H groups in total. The van der Waals surface area contributed by atoms with Gasteiger partial charge in [0.25, 0.3) is 0 Å². The van der Waals surface area contributed by atoms with Crippen molar-refractivity contribution in [3.8, 4) is 0 Å². The summed E-state index contributed by atoms with van der Waals surface area (Å²) in [7, 11) is 2.17. The molecule has 6 heteroatoms. The summed E-state index contributed by atoms with van der Waals surface area (Å²) < 4.78 is 0. The minimum Gasteiger partial charge on any atom is -0.354 e. The number of amides is 1. The number of nitrogens with zero attached hydrogens (tertiary/aromatic N) is 1. The molecule has 0 aromatic heterocycles. The van der Waals surface area contributed by atoms with Gasteiger partial charge < -0.3 is 15.5 Å². The van der Waals surface area contributed by atoms with Crippen LogP contribution in [0.3, 0.4) is 0 Å². The molecule has 0 spiro atoms. The van der Waals surface area contributed by atoms with Crippen LogP contribution >= 0.6 is 24.8 Å². The van der Waals surface area contributed by atoms with Gasteiger partial charge in [-0.1, -0.05) is 6.92 Å². The topological polar surface area (TPSA) is 44.4 Å². The molecule has 0 aromatic rings. The molecule has 20 heavy (non-hydrogen) atoms. The number of rotatable bonds is 4. The number of likely N-dealkylation sites (tertiary alicyclic amines) is 1. The van der Waals surface area contributed by atoms with Crippen molar-refractivity contribution in [3.63, 3.8) is 0 Å². The van der Waals surface area contributed by atoms with Crippen LogP contribution in [0.25, 0.3) is 0 Å². The van der Waals surface area contributed by atoms with Gasteiger partial charge in [-0.25, -0.2) is 0 Å². The summed E-state index contributed by atoms with van der Waals surface area (Å²) >= 11 is 0. The number of carbonyl (C=O) groups is 1. The normalized spacial score (nSPS) is 27.5. The molecule has 0 saturated carbocycles. The summed E-state index contributed by atoms with van der Waals surface area (Å²) in [6.07, 6.45) is 5.43. The van der Waals surface area contributed by atoms with E-state index in [0.29, 0.717) is 5.92 Å². The Bertz CT molecular complexity index is 288. The minimum absolute atomic E-state index is 0. The van der Waals surface area contributed by atoms with E-state index in [0.717, 1.165) is 45.4 Å². The zero-order valence-electron chi connectivity index (χ0n) is 12.6. The van der Waals surface area contributed by atoms with Crippen molar-refractivity contribution in [2.24, 2.45) is 5.92 Å². The van der Waals surface area contributed by atoms with Crippen LogP contribution in [-0.2, 0) is 4.79 Å². The summed E-state index contributed by atoms with van der Waals surface area (Å²) in [6, 6.07) is 0. The van der Waals surface area contributed by atoms with Crippen LogP contribution in [0.1, 0.15) is 39.0 Å². The number of hydrogen-bond acceptors (Lipinski definition) is 3. The maximum atomic E-state index is 12.3. The van der Waals surface area contributed by atoms with E-state index in [-0.39, 0.29) is 36.3 Å². The van der Waals surface area contributed by atoms with Crippen molar-refractivity contribution in [2.45, 2.75) is 44.6 Å². The Morgan fingerprint density at radius 2 is 2.00 bits per heavy atom. The summed E-state index contributed by atoms with van der Waals surface area (Å²) in [4.78, 5) is 14.7. The molecule has 2 heterocycles. The Morgan fingerprint density at radius 3 is 2.50 bits per heavy atom. The fourth-order valence-electron chi connectivity index (χ4n) is 3.13. The van der Waals surface area contributed by atoms with Crippen LogP contribution in [0.4, 0.5) is 0 Å². The van der Waals surface area contributed by atoms with E-state index in [2.05, 4.69) is 29.5 Å². The van der Waals surface area contributed by atoms with Gasteiger partial charge in [0.05, 0.1) is 5.54 Å². The number of carbonyl (C=O) groups excluding carboxylic acids is 1. The van der Waals surface area contributed by atoms with Gasteiger partial charge in [-0.2, -0.15) is 0 Å². The molecule has 2 fully saturated rings. The van der Waals surface area contributed by atoms with Crippen molar-refractivity contribution in [1.29, 1.82) is 0 Å². The first-order chi connectivity index (χ1) is 8.66. The second kappa shape index (κ2) is 9.08. The maximum absolute atomic E-state index is 12.3. The monoisotopic (exact) mass is 325 g/mol. The van der Waals surface area contributed by atoms with Gasteiger partial charge in [0, 0.05) is 6.54 Å². The van der Waals surface area contributed by atoms with Gasteiger partial charge in [-0.15, -0.1) is 24.8 Å². The minimum atomic E-state index is -0.272. The molecule has 0 radical (unpaired) electrons. The van der Waals surface area contributed by atoms with Gasteiger partial charge in [-0.3, -0.25) is 4.79 Å². The summed E-state index contributed by atoms with van der Waals surface area (Å²) in [5.41, 5.74) is -0.272. The third-order valence-corrected chi connectivity index (χ3v) is 4.67. The zero-order chi connectivity index (χ0) is 13.0. The van der Waals surface area contributed by atoms with Crippen molar-refractivity contribution in [2.75, 3.05) is 33.2 Å². The second-order valence-corrected chi connectivity index (χ2v) is 5.92. The molecule has 0 bridgehead atoms. The van der Waals surface area contributed by atoms with Crippen LogP contribution in [-0.4, -0.2) is 49.6 Å². The lowest BCUT2D eigenvalue weighted by atomic mass is 9.92. The van der Waals surface area contributed by atoms with E-state index in [9.17, 15) is 4.79 Å². The Labute approximate surface area is 135 Å². The molecule has 0 aromatic carbocycles. The smallest absolute Gasteiger partial charge is 0.240 e. The quantitative estimate of drug-likeness (QED) is 0.828. The summed E-state index contributed by atoms with van der Waals surface area (Å²) in [6.45, 7) is 6.27. The van der Waals surface area contributed by atoms with E-state index >= 15 is 0 Å². The lowest BCUT2D eigenvalue weighted by Gasteiger charge is -2.31. The first kappa shape index (κ1) is 20.0. The van der Waals surface area contributed by atoms with Crippen molar-refractivity contribution in [1.82, 2.24) is 15.5 Å². The third-order valence-electron chi connectivity index (χ3n) is 4.67. The highest BCUT2D eigenvalue weighted by atomic mass is 35.5. The van der Waals surface area contributed by atoms with Crippen molar-refractivity contribution < 1.29 is 4.79 Å². The summed E-state index contributed by atoms with van der Waals surface area (Å²) in [5.74, 6) is 0.891. The predicted octanol–water partition coefficient (Wildman–Crippen LogP) is 1.82. The first-order valence-corrected chi connectivity index (χ1v) is 7.38. The van der Waals surface area contributed by atoms with Crippen LogP contribution in [0.15, 0.2) is 0 Å². The van der Waals surface area contributed by atoms with Gasteiger partial charge >= 0.3 is 0 Å².